The molecule has 2 aliphatic rings. The molecule has 0 radical (unpaired) electrons. The van der Waals surface area contributed by atoms with Gasteiger partial charge in [0.05, 0.1) is 6.54 Å². The summed E-state index contributed by atoms with van der Waals surface area (Å²) in [5.74, 6) is 0.416. The van der Waals surface area contributed by atoms with Gasteiger partial charge in [-0.25, -0.2) is 0 Å². The maximum Gasteiger partial charge on any atom is 0.236 e. The molecule has 0 N–H and O–H groups in total. The summed E-state index contributed by atoms with van der Waals surface area (Å²) in [6, 6.07) is 3.93. The largest absolute Gasteiger partial charge is 0.341 e. The second kappa shape index (κ2) is 6.89. The van der Waals surface area contributed by atoms with Crippen LogP contribution in [0, 0.1) is 0 Å². The lowest BCUT2D eigenvalue weighted by Gasteiger charge is -2.45. The lowest BCUT2D eigenvalue weighted by molar-refractivity contribution is -0.137. The molecule has 2 saturated heterocycles. The van der Waals surface area contributed by atoms with Crippen molar-refractivity contribution >= 4 is 11.8 Å². The van der Waals surface area contributed by atoms with Crippen LogP contribution in [0.2, 0.25) is 0 Å². The van der Waals surface area contributed by atoms with Crippen molar-refractivity contribution in [1.29, 1.82) is 0 Å². The highest BCUT2D eigenvalue weighted by Crippen LogP contribution is 2.40. The molecule has 0 aromatic carbocycles. The van der Waals surface area contributed by atoms with Crippen molar-refractivity contribution in [2.75, 3.05) is 33.7 Å². The van der Waals surface area contributed by atoms with Crippen molar-refractivity contribution < 1.29 is 9.59 Å². The predicted molar refractivity (Wildman–Crippen MR) is 91.1 cm³/mol. The molecule has 130 valence electrons. The van der Waals surface area contributed by atoms with Gasteiger partial charge in [-0.15, -0.1) is 0 Å². The van der Waals surface area contributed by atoms with Crippen molar-refractivity contribution in [3.05, 3.63) is 30.1 Å². The molecule has 2 fully saturated rings. The Morgan fingerprint density at radius 3 is 2.50 bits per heavy atom. The highest BCUT2D eigenvalue weighted by molar-refractivity contribution is 5.80. The van der Waals surface area contributed by atoms with E-state index < -0.39 is 0 Å². The molecule has 0 saturated carbocycles. The van der Waals surface area contributed by atoms with Gasteiger partial charge in [0.1, 0.15) is 0 Å². The molecule has 6 heteroatoms. The topological polar surface area (TPSA) is 56.8 Å². The first kappa shape index (κ1) is 16.9. The maximum atomic E-state index is 12.4. The molecule has 0 atom stereocenters. The molecule has 2 amide bonds. The fourth-order valence-corrected chi connectivity index (χ4v) is 3.86. The summed E-state index contributed by atoms with van der Waals surface area (Å²) < 4.78 is 0. The van der Waals surface area contributed by atoms with Crippen LogP contribution in [0.15, 0.2) is 24.5 Å². The second-order valence-electron chi connectivity index (χ2n) is 7.18. The van der Waals surface area contributed by atoms with Crippen molar-refractivity contribution in [1.82, 2.24) is 19.7 Å². The summed E-state index contributed by atoms with van der Waals surface area (Å²) in [6.45, 7) is 2.58. The van der Waals surface area contributed by atoms with Crippen LogP contribution in [-0.2, 0) is 16.1 Å². The van der Waals surface area contributed by atoms with E-state index in [9.17, 15) is 9.59 Å². The predicted octanol–water partition coefficient (Wildman–Crippen LogP) is 1.13. The van der Waals surface area contributed by atoms with Crippen LogP contribution in [0.1, 0.15) is 31.2 Å². The van der Waals surface area contributed by atoms with Crippen LogP contribution >= 0.6 is 0 Å². The van der Waals surface area contributed by atoms with E-state index in [1.807, 2.05) is 36.0 Å². The van der Waals surface area contributed by atoms with Crippen LogP contribution in [0.4, 0.5) is 0 Å². The minimum Gasteiger partial charge on any atom is -0.341 e. The Morgan fingerprint density at radius 2 is 1.88 bits per heavy atom. The summed E-state index contributed by atoms with van der Waals surface area (Å²) in [6.07, 6.45) is 6.82. The first-order chi connectivity index (χ1) is 11.5. The Balaban J connectivity index is 1.67. The fourth-order valence-electron chi connectivity index (χ4n) is 3.86. The van der Waals surface area contributed by atoms with Crippen LogP contribution < -0.4 is 0 Å². The van der Waals surface area contributed by atoms with E-state index >= 15 is 0 Å². The van der Waals surface area contributed by atoms with E-state index in [0.29, 0.717) is 19.5 Å². The van der Waals surface area contributed by atoms with E-state index in [0.717, 1.165) is 37.9 Å². The Kier molecular flexibility index (Phi) is 4.85. The van der Waals surface area contributed by atoms with E-state index in [1.165, 1.54) is 0 Å². The standard InChI is InChI=1S/C18H26N4O2/c1-20(2)14-17(24)21-11-7-18(8-12-21)6-3-16(23)22(18)13-15-4-9-19-10-5-15/h4-5,9-10H,3,6-8,11-14H2,1-2H3. The summed E-state index contributed by atoms with van der Waals surface area (Å²) in [5.41, 5.74) is 1.04. The Labute approximate surface area is 143 Å². The van der Waals surface area contributed by atoms with Gasteiger partial charge in [-0.3, -0.25) is 14.6 Å². The average molecular weight is 330 g/mol. The molecular formula is C18H26N4O2. The number of hydrogen-bond donors (Lipinski definition) is 0. The Hall–Kier alpha value is -1.95. The number of carbonyl (C=O) groups excluding carboxylic acids is 2. The third-order valence-corrected chi connectivity index (χ3v) is 5.27. The van der Waals surface area contributed by atoms with Crippen LogP contribution in [0.25, 0.3) is 0 Å². The summed E-state index contributed by atoms with van der Waals surface area (Å²) >= 11 is 0. The molecule has 24 heavy (non-hydrogen) atoms. The summed E-state index contributed by atoms with van der Waals surface area (Å²) in [4.78, 5) is 34.6. The highest BCUT2D eigenvalue weighted by atomic mass is 16.2. The molecule has 3 heterocycles. The van der Waals surface area contributed by atoms with Crippen LogP contribution in [-0.4, -0.2) is 70.8 Å². The fraction of sp³-hybridized carbons (Fsp3) is 0.611. The maximum absolute atomic E-state index is 12.4. The zero-order valence-electron chi connectivity index (χ0n) is 14.6. The molecule has 0 unspecified atom stereocenters. The average Bonchev–Trinajstić information content (AvgIpc) is 2.85. The van der Waals surface area contributed by atoms with Crippen molar-refractivity contribution in [2.45, 2.75) is 37.8 Å². The molecule has 3 rings (SSSR count). The molecule has 2 aliphatic heterocycles. The van der Waals surface area contributed by atoms with E-state index in [4.69, 9.17) is 0 Å². The van der Waals surface area contributed by atoms with Crippen LogP contribution in [0.5, 0.6) is 0 Å². The van der Waals surface area contributed by atoms with Gasteiger partial charge in [0, 0.05) is 44.0 Å². The van der Waals surface area contributed by atoms with E-state index in [2.05, 4.69) is 9.88 Å². The first-order valence-electron chi connectivity index (χ1n) is 8.62. The number of likely N-dealkylation sites (N-methyl/N-ethyl adjacent to an activating group) is 1. The smallest absolute Gasteiger partial charge is 0.236 e. The minimum atomic E-state index is -0.0742. The number of piperidine rings is 1. The summed E-state index contributed by atoms with van der Waals surface area (Å²) in [5, 5.41) is 0. The molecule has 6 nitrogen and oxygen atoms in total. The van der Waals surface area contributed by atoms with Gasteiger partial charge in [-0.05, 0) is 51.1 Å². The second-order valence-corrected chi connectivity index (χ2v) is 7.18. The van der Waals surface area contributed by atoms with Crippen molar-refractivity contribution in [3.8, 4) is 0 Å². The number of rotatable bonds is 4. The molecular weight excluding hydrogens is 304 g/mol. The van der Waals surface area contributed by atoms with Gasteiger partial charge in [0.15, 0.2) is 0 Å². The SMILES string of the molecule is CN(C)CC(=O)N1CCC2(CCC(=O)N2Cc2ccncc2)CC1. The lowest BCUT2D eigenvalue weighted by atomic mass is 9.84. The molecule has 1 spiro atoms. The normalized spacial score (nSPS) is 20.2. The number of carbonyl (C=O) groups is 2. The first-order valence-corrected chi connectivity index (χ1v) is 8.62. The van der Waals surface area contributed by atoms with Crippen LogP contribution in [0.3, 0.4) is 0 Å². The zero-order valence-corrected chi connectivity index (χ0v) is 14.6. The number of nitrogens with zero attached hydrogens (tertiary/aromatic N) is 4. The number of likely N-dealkylation sites (tertiary alicyclic amines) is 2. The molecule has 1 aromatic heterocycles. The minimum absolute atomic E-state index is 0.0742. The molecule has 0 bridgehead atoms. The molecule has 0 aliphatic carbocycles. The zero-order chi connectivity index (χ0) is 17.2. The summed E-state index contributed by atoms with van der Waals surface area (Å²) in [7, 11) is 3.82. The number of amides is 2. The quantitative estimate of drug-likeness (QED) is 0.830. The number of hydrogen-bond acceptors (Lipinski definition) is 4. The number of pyridine rings is 1. The monoisotopic (exact) mass is 330 g/mol. The molecule has 1 aromatic rings. The number of aromatic nitrogens is 1. The Morgan fingerprint density at radius 1 is 1.21 bits per heavy atom. The lowest BCUT2D eigenvalue weighted by Crippen LogP contribution is -2.54. The van der Waals surface area contributed by atoms with Gasteiger partial charge < -0.3 is 14.7 Å². The third kappa shape index (κ3) is 3.43. The van der Waals surface area contributed by atoms with E-state index in [1.54, 1.807) is 12.4 Å². The highest BCUT2D eigenvalue weighted by Gasteiger charge is 2.47. The third-order valence-electron chi connectivity index (χ3n) is 5.27. The van der Waals surface area contributed by atoms with Gasteiger partial charge in [-0.2, -0.15) is 0 Å². The van der Waals surface area contributed by atoms with Gasteiger partial charge in [-0.1, -0.05) is 0 Å². The van der Waals surface area contributed by atoms with E-state index in [-0.39, 0.29) is 17.4 Å². The van der Waals surface area contributed by atoms with Crippen molar-refractivity contribution in [3.63, 3.8) is 0 Å². The van der Waals surface area contributed by atoms with Gasteiger partial charge in [0.25, 0.3) is 0 Å². The van der Waals surface area contributed by atoms with Gasteiger partial charge >= 0.3 is 0 Å². The van der Waals surface area contributed by atoms with Gasteiger partial charge in [0.2, 0.25) is 11.8 Å². The van der Waals surface area contributed by atoms with Crippen molar-refractivity contribution in [2.24, 2.45) is 0 Å². The Bertz CT molecular complexity index is 594.